The van der Waals surface area contributed by atoms with E-state index in [1.54, 1.807) is 12.1 Å². The van der Waals surface area contributed by atoms with Crippen LogP contribution in [0.4, 0.5) is 4.39 Å². The standard InChI is InChI=1S/C11H15FN2O/c12-9-3-1-8(2-4-9)11(13)10-7-14-5-6-15-10/h1-4,10-11,14H,5-7,13H2. The summed E-state index contributed by atoms with van der Waals surface area (Å²) in [6, 6.07) is 6.06. The Bertz CT molecular complexity index is 309. The van der Waals surface area contributed by atoms with Crippen LogP contribution in [0.15, 0.2) is 24.3 Å². The molecule has 4 heteroatoms. The molecule has 0 bridgehead atoms. The quantitative estimate of drug-likeness (QED) is 0.759. The molecule has 15 heavy (non-hydrogen) atoms. The molecule has 0 spiro atoms. The van der Waals surface area contributed by atoms with E-state index in [0.29, 0.717) is 6.61 Å². The molecule has 2 unspecified atom stereocenters. The highest BCUT2D eigenvalue weighted by molar-refractivity contribution is 5.20. The fourth-order valence-corrected chi connectivity index (χ4v) is 1.72. The maximum Gasteiger partial charge on any atom is 0.123 e. The molecule has 3 nitrogen and oxygen atoms in total. The molecular weight excluding hydrogens is 195 g/mol. The molecule has 1 aliphatic rings. The van der Waals surface area contributed by atoms with Gasteiger partial charge >= 0.3 is 0 Å². The summed E-state index contributed by atoms with van der Waals surface area (Å²) in [6.07, 6.45) is -0.0239. The Labute approximate surface area is 88.4 Å². The molecular formula is C11H15FN2O. The van der Waals surface area contributed by atoms with Gasteiger partial charge in [-0.15, -0.1) is 0 Å². The normalized spacial score (nSPS) is 23.7. The van der Waals surface area contributed by atoms with Crippen molar-refractivity contribution < 1.29 is 9.13 Å². The average Bonchev–Trinajstić information content (AvgIpc) is 2.30. The van der Waals surface area contributed by atoms with Crippen LogP contribution < -0.4 is 11.1 Å². The third kappa shape index (κ3) is 2.53. The molecule has 1 aromatic carbocycles. The van der Waals surface area contributed by atoms with Gasteiger partial charge in [-0.1, -0.05) is 12.1 Å². The first-order chi connectivity index (χ1) is 7.27. The minimum absolute atomic E-state index is 0.0239. The van der Waals surface area contributed by atoms with Gasteiger partial charge in [0.15, 0.2) is 0 Å². The lowest BCUT2D eigenvalue weighted by Gasteiger charge is -2.28. The van der Waals surface area contributed by atoms with Crippen LogP contribution >= 0.6 is 0 Å². The van der Waals surface area contributed by atoms with Crippen LogP contribution in [0.25, 0.3) is 0 Å². The van der Waals surface area contributed by atoms with E-state index < -0.39 is 0 Å². The fourth-order valence-electron chi connectivity index (χ4n) is 1.72. The molecule has 0 saturated carbocycles. The lowest BCUT2D eigenvalue weighted by Crippen LogP contribution is -2.44. The van der Waals surface area contributed by atoms with Gasteiger partial charge < -0.3 is 15.8 Å². The first-order valence-electron chi connectivity index (χ1n) is 5.11. The number of nitrogens with two attached hydrogens (primary N) is 1. The molecule has 3 N–H and O–H groups in total. The Hall–Kier alpha value is -0.970. The topological polar surface area (TPSA) is 47.3 Å². The van der Waals surface area contributed by atoms with Crippen LogP contribution in [0, 0.1) is 5.82 Å². The van der Waals surface area contributed by atoms with E-state index in [0.717, 1.165) is 18.7 Å². The van der Waals surface area contributed by atoms with Gasteiger partial charge in [-0.25, -0.2) is 4.39 Å². The van der Waals surface area contributed by atoms with Crippen molar-refractivity contribution in [1.82, 2.24) is 5.32 Å². The number of rotatable bonds is 2. The van der Waals surface area contributed by atoms with Gasteiger partial charge in [-0.2, -0.15) is 0 Å². The summed E-state index contributed by atoms with van der Waals surface area (Å²) in [6.45, 7) is 2.30. The minimum atomic E-state index is -0.242. The minimum Gasteiger partial charge on any atom is -0.374 e. The number of benzene rings is 1. The third-order valence-corrected chi connectivity index (χ3v) is 2.61. The monoisotopic (exact) mass is 210 g/mol. The molecule has 2 rings (SSSR count). The Kier molecular flexibility index (Phi) is 3.30. The molecule has 0 amide bonds. The van der Waals surface area contributed by atoms with E-state index in [2.05, 4.69) is 5.32 Å². The highest BCUT2D eigenvalue weighted by Gasteiger charge is 2.22. The first-order valence-corrected chi connectivity index (χ1v) is 5.11. The van der Waals surface area contributed by atoms with E-state index in [1.165, 1.54) is 12.1 Å². The van der Waals surface area contributed by atoms with Crippen LogP contribution in [-0.4, -0.2) is 25.8 Å². The lowest BCUT2D eigenvalue weighted by molar-refractivity contribution is 0.0122. The Morgan fingerprint density at radius 2 is 2.13 bits per heavy atom. The van der Waals surface area contributed by atoms with Crippen molar-refractivity contribution in [3.8, 4) is 0 Å². The van der Waals surface area contributed by atoms with Crippen LogP contribution in [0.5, 0.6) is 0 Å². The molecule has 1 aliphatic heterocycles. The summed E-state index contributed by atoms with van der Waals surface area (Å²) in [5.41, 5.74) is 6.94. The van der Waals surface area contributed by atoms with Crippen LogP contribution in [-0.2, 0) is 4.74 Å². The molecule has 2 atom stereocenters. The molecule has 82 valence electrons. The molecule has 1 heterocycles. The van der Waals surface area contributed by atoms with Crippen molar-refractivity contribution in [3.63, 3.8) is 0 Å². The summed E-state index contributed by atoms with van der Waals surface area (Å²) >= 11 is 0. The van der Waals surface area contributed by atoms with Gasteiger partial charge in [-0.05, 0) is 17.7 Å². The van der Waals surface area contributed by atoms with E-state index in [1.807, 2.05) is 0 Å². The van der Waals surface area contributed by atoms with Gasteiger partial charge in [-0.3, -0.25) is 0 Å². The highest BCUT2D eigenvalue weighted by atomic mass is 19.1. The van der Waals surface area contributed by atoms with Gasteiger partial charge in [0.1, 0.15) is 5.82 Å². The van der Waals surface area contributed by atoms with Crippen molar-refractivity contribution in [1.29, 1.82) is 0 Å². The molecule has 1 aromatic rings. The van der Waals surface area contributed by atoms with Crippen molar-refractivity contribution in [2.75, 3.05) is 19.7 Å². The zero-order valence-corrected chi connectivity index (χ0v) is 8.45. The van der Waals surface area contributed by atoms with Gasteiger partial charge in [0, 0.05) is 13.1 Å². The maximum absolute atomic E-state index is 12.7. The van der Waals surface area contributed by atoms with Gasteiger partial charge in [0.25, 0.3) is 0 Å². The number of hydrogen-bond acceptors (Lipinski definition) is 3. The number of hydrogen-bond donors (Lipinski definition) is 2. The molecule has 0 aliphatic carbocycles. The average molecular weight is 210 g/mol. The van der Waals surface area contributed by atoms with Crippen molar-refractivity contribution in [2.24, 2.45) is 5.73 Å². The van der Waals surface area contributed by atoms with E-state index in [4.69, 9.17) is 10.5 Å². The lowest BCUT2D eigenvalue weighted by atomic mass is 10.0. The number of nitrogens with one attached hydrogen (secondary N) is 1. The molecule has 1 saturated heterocycles. The predicted octanol–water partition coefficient (Wildman–Crippen LogP) is 0.814. The van der Waals surface area contributed by atoms with Crippen LogP contribution in [0.2, 0.25) is 0 Å². The second kappa shape index (κ2) is 4.70. The summed E-state index contributed by atoms with van der Waals surface area (Å²) < 4.78 is 18.3. The van der Waals surface area contributed by atoms with Crippen LogP contribution in [0.3, 0.4) is 0 Å². The first kappa shape index (κ1) is 10.5. The Morgan fingerprint density at radius 3 is 2.73 bits per heavy atom. The van der Waals surface area contributed by atoms with Crippen molar-refractivity contribution in [3.05, 3.63) is 35.6 Å². The number of halogens is 1. The maximum atomic E-state index is 12.7. The Balaban J connectivity index is 2.05. The zero-order valence-electron chi connectivity index (χ0n) is 8.45. The summed E-state index contributed by atoms with van der Waals surface area (Å²) in [7, 11) is 0. The van der Waals surface area contributed by atoms with E-state index >= 15 is 0 Å². The smallest absolute Gasteiger partial charge is 0.123 e. The third-order valence-electron chi connectivity index (χ3n) is 2.61. The number of morpholine rings is 1. The van der Waals surface area contributed by atoms with E-state index in [-0.39, 0.29) is 18.0 Å². The van der Waals surface area contributed by atoms with Gasteiger partial charge in [0.05, 0.1) is 18.8 Å². The second-order valence-corrected chi connectivity index (χ2v) is 3.69. The van der Waals surface area contributed by atoms with Crippen LogP contribution in [0.1, 0.15) is 11.6 Å². The summed E-state index contributed by atoms with van der Waals surface area (Å²) in [4.78, 5) is 0. The predicted molar refractivity (Wildman–Crippen MR) is 55.9 cm³/mol. The number of ether oxygens (including phenoxy) is 1. The van der Waals surface area contributed by atoms with Crippen molar-refractivity contribution in [2.45, 2.75) is 12.1 Å². The second-order valence-electron chi connectivity index (χ2n) is 3.69. The summed E-state index contributed by atoms with van der Waals surface area (Å²) in [5.74, 6) is -0.242. The Morgan fingerprint density at radius 1 is 1.40 bits per heavy atom. The SMILES string of the molecule is NC(c1ccc(F)cc1)C1CNCCO1. The molecule has 1 fully saturated rings. The highest BCUT2D eigenvalue weighted by Crippen LogP contribution is 2.17. The van der Waals surface area contributed by atoms with E-state index in [9.17, 15) is 4.39 Å². The molecule has 0 radical (unpaired) electrons. The molecule has 0 aromatic heterocycles. The zero-order chi connectivity index (χ0) is 10.7. The van der Waals surface area contributed by atoms with Gasteiger partial charge in [0.2, 0.25) is 0 Å². The fraction of sp³-hybridized carbons (Fsp3) is 0.455. The largest absolute Gasteiger partial charge is 0.374 e. The summed E-state index contributed by atoms with van der Waals surface area (Å²) in [5, 5.41) is 3.22. The van der Waals surface area contributed by atoms with Crippen molar-refractivity contribution >= 4 is 0 Å².